The van der Waals surface area contributed by atoms with Crippen LogP contribution in [0.15, 0.2) is 35.4 Å². The van der Waals surface area contributed by atoms with Crippen molar-refractivity contribution in [1.82, 2.24) is 5.43 Å². The minimum atomic E-state index is -0.0629. The van der Waals surface area contributed by atoms with Crippen molar-refractivity contribution in [3.63, 3.8) is 0 Å². The predicted octanol–water partition coefficient (Wildman–Crippen LogP) is 2.91. The van der Waals surface area contributed by atoms with Crippen LogP contribution in [0.4, 0.5) is 0 Å². The molecule has 0 fully saturated rings. The molecule has 0 saturated heterocycles. The third-order valence-corrected chi connectivity index (χ3v) is 2.47. The molecule has 1 aromatic rings. The molecule has 3 nitrogen and oxygen atoms in total. The molecule has 0 saturated carbocycles. The van der Waals surface area contributed by atoms with E-state index in [4.69, 9.17) is 0 Å². The van der Waals surface area contributed by atoms with Gasteiger partial charge in [0.05, 0.1) is 6.42 Å². The minimum Gasteiger partial charge on any atom is -0.273 e. The second kappa shape index (κ2) is 7.60. The van der Waals surface area contributed by atoms with Crippen LogP contribution in [-0.2, 0) is 11.2 Å². The molecule has 0 aliphatic carbocycles. The van der Waals surface area contributed by atoms with Crippen molar-refractivity contribution in [2.24, 2.45) is 5.10 Å². The van der Waals surface area contributed by atoms with Crippen molar-refractivity contribution in [2.45, 2.75) is 39.5 Å². The lowest BCUT2D eigenvalue weighted by molar-refractivity contribution is -0.120. The number of hydrogen-bond donors (Lipinski definition) is 1. The van der Waals surface area contributed by atoms with Crippen molar-refractivity contribution < 1.29 is 4.79 Å². The highest BCUT2D eigenvalue weighted by molar-refractivity contribution is 5.84. The highest BCUT2D eigenvalue weighted by Crippen LogP contribution is 1.99. The number of amides is 1. The average Bonchev–Trinajstić information content (AvgIpc) is 2.35. The highest BCUT2D eigenvalue weighted by atomic mass is 16.2. The van der Waals surface area contributed by atoms with Gasteiger partial charge in [0.15, 0.2) is 0 Å². The Morgan fingerprint density at radius 1 is 1.29 bits per heavy atom. The molecule has 3 heteroatoms. The van der Waals surface area contributed by atoms with Crippen molar-refractivity contribution in [3.05, 3.63) is 35.9 Å². The van der Waals surface area contributed by atoms with Crippen LogP contribution in [0.25, 0.3) is 0 Å². The molecule has 17 heavy (non-hydrogen) atoms. The predicted molar refractivity (Wildman–Crippen MR) is 70.9 cm³/mol. The minimum absolute atomic E-state index is 0.0629. The number of benzene rings is 1. The monoisotopic (exact) mass is 232 g/mol. The Balaban J connectivity index is 2.35. The average molecular weight is 232 g/mol. The maximum absolute atomic E-state index is 11.6. The quantitative estimate of drug-likeness (QED) is 0.594. The molecule has 0 radical (unpaired) electrons. The Morgan fingerprint density at radius 3 is 2.65 bits per heavy atom. The Kier molecular flexibility index (Phi) is 6.00. The first kappa shape index (κ1) is 13.4. The summed E-state index contributed by atoms with van der Waals surface area (Å²) in [6, 6.07) is 9.67. The normalized spacial score (nSPS) is 11.3. The van der Waals surface area contributed by atoms with Crippen LogP contribution in [0.2, 0.25) is 0 Å². The van der Waals surface area contributed by atoms with Gasteiger partial charge in [0.2, 0.25) is 5.91 Å². The number of carbonyl (C=O) groups is 1. The molecular formula is C14H20N2O. The Bertz CT molecular complexity index is 371. The van der Waals surface area contributed by atoms with Gasteiger partial charge in [-0.3, -0.25) is 4.79 Å². The van der Waals surface area contributed by atoms with Crippen LogP contribution < -0.4 is 5.43 Å². The Labute approximate surface area is 103 Å². The first-order valence-corrected chi connectivity index (χ1v) is 6.08. The van der Waals surface area contributed by atoms with Crippen LogP contribution in [0, 0.1) is 0 Å². The summed E-state index contributed by atoms with van der Waals surface area (Å²) in [6.45, 7) is 4.08. The second-order valence-electron chi connectivity index (χ2n) is 4.15. The van der Waals surface area contributed by atoms with Gasteiger partial charge in [-0.2, -0.15) is 5.10 Å². The molecule has 0 aromatic heterocycles. The van der Waals surface area contributed by atoms with Crippen molar-refractivity contribution >= 4 is 11.6 Å². The fraction of sp³-hybridized carbons (Fsp3) is 0.429. The molecule has 1 amide bonds. The van der Waals surface area contributed by atoms with Crippen LogP contribution in [0.5, 0.6) is 0 Å². The Morgan fingerprint density at radius 2 is 2.00 bits per heavy atom. The molecule has 0 heterocycles. The highest BCUT2D eigenvalue weighted by Gasteiger charge is 2.01. The zero-order chi connectivity index (χ0) is 12.5. The first-order valence-electron chi connectivity index (χ1n) is 6.08. The lowest BCUT2D eigenvalue weighted by Crippen LogP contribution is -2.21. The summed E-state index contributed by atoms with van der Waals surface area (Å²) >= 11 is 0. The maximum atomic E-state index is 11.6. The second-order valence-corrected chi connectivity index (χ2v) is 4.15. The fourth-order valence-corrected chi connectivity index (χ4v) is 1.47. The van der Waals surface area contributed by atoms with E-state index in [1.54, 1.807) is 0 Å². The third-order valence-electron chi connectivity index (χ3n) is 2.47. The van der Waals surface area contributed by atoms with Gasteiger partial charge >= 0.3 is 0 Å². The van der Waals surface area contributed by atoms with Crippen molar-refractivity contribution in [2.75, 3.05) is 0 Å². The molecule has 0 atom stereocenters. The third kappa shape index (κ3) is 5.85. The van der Waals surface area contributed by atoms with Gasteiger partial charge in [0.1, 0.15) is 0 Å². The van der Waals surface area contributed by atoms with E-state index >= 15 is 0 Å². The number of rotatable bonds is 6. The van der Waals surface area contributed by atoms with Crippen LogP contribution in [-0.4, -0.2) is 11.6 Å². The SMILES string of the molecule is CCCC/C(C)=N\NC(=O)Cc1ccccc1. The molecule has 0 spiro atoms. The molecule has 92 valence electrons. The largest absolute Gasteiger partial charge is 0.273 e. The molecule has 0 bridgehead atoms. The van der Waals surface area contributed by atoms with Gasteiger partial charge in [-0.05, 0) is 25.3 Å². The van der Waals surface area contributed by atoms with E-state index in [1.807, 2.05) is 37.3 Å². The smallest absolute Gasteiger partial charge is 0.244 e. The van der Waals surface area contributed by atoms with E-state index in [1.165, 1.54) is 0 Å². The summed E-state index contributed by atoms with van der Waals surface area (Å²) in [5, 5.41) is 4.07. The van der Waals surface area contributed by atoms with E-state index in [-0.39, 0.29) is 5.91 Å². The maximum Gasteiger partial charge on any atom is 0.244 e. The van der Waals surface area contributed by atoms with E-state index in [2.05, 4.69) is 17.5 Å². The zero-order valence-electron chi connectivity index (χ0n) is 10.6. The van der Waals surface area contributed by atoms with Gasteiger partial charge in [-0.25, -0.2) is 5.43 Å². The molecule has 1 aromatic carbocycles. The van der Waals surface area contributed by atoms with Crippen LogP contribution in [0.3, 0.4) is 0 Å². The summed E-state index contributed by atoms with van der Waals surface area (Å²) in [6.07, 6.45) is 3.59. The standard InChI is InChI=1S/C14H20N2O/c1-3-4-8-12(2)15-16-14(17)11-13-9-6-5-7-10-13/h5-7,9-10H,3-4,8,11H2,1-2H3,(H,16,17)/b15-12-. The molecule has 1 rings (SSSR count). The topological polar surface area (TPSA) is 41.5 Å². The molecule has 0 unspecified atom stereocenters. The number of hydrazone groups is 1. The Hall–Kier alpha value is -1.64. The molecule has 0 aliphatic heterocycles. The van der Waals surface area contributed by atoms with Crippen molar-refractivity contribution in [1.29, 1.82) is 0 Å². The van der Waals surface area contributed by atoms with Crippen molar-refractivity contribution in [3.8, 4) is 0 Å². The van der Waals surface area contributed by atoms with E-state index in [9.17, 15) is 4.79 Å². The van der Waals surface area contributed by atoms with Gasteiger partial charge in [0.25, 0.3) is 0 Å². The summed E-state index contributed by atoms with van der Waals surface area (Å²) in [7, 11) is 0. The number of hydrogen-bond acceptors (Lipinski definition) is 2. The van der Waals surface area contributed by atoms with E-state index < -0.39 is 0 Å². The zero-order valence-corrected chi connectivity index (χ0v) is 10.6. The van der Waals surface area contributed by atoms with Crippen LogP contribution >= 0.6 is 0 Å². The lowest BCUT2D eigenvalue weighted by Gasteiger charge is -2.02. The van der Waals surface area contributed by atoms with Gasteiger partial charge < -0.3 is 0 Å². The summed E-state index contributed by atoms with van der Waals surface area (Å²) in [4.78, 5) is 11.6. The van der Waals surface area contributed by atoms with E-state index in [0.29, 0.717) is 6.42 Å². The first-order chi connectivity index (χ1) is 8.22. The number of nitrogens with zero attached hydrogens (tertiary/aromatic N) is 1. The summed E-state index contributed by atoms with van der Waals surface area (Å²) in [5.74, 6) is -0.0629. The van der Waals surface area contributed by atoms with Crippen LogP contribution in [0.1, 0.15) is 38.7 Å². The van der Waals surface area contributed by atoms with Gasteiger partial charge in [-0.1, -0.05) is 43.7 Å². The van der Waals surface area contributed by atoms with Gasteiger partial charge in [0, 0.05) is 5.71 Å². The number of carbonyl (C=O) groups excluding carboxylic acids is 1. The number of nitrogens with one attached hydrogen (secondary N) is 1. The molecule has 0 aliphatic rings. The molecule has 1 N–H and O–H groups in total. The summed E-state index contributed by atoms with van der Waals surface area (Å²) in [5.41, 5.74) is 4.57. The number of unbranched alkanes of at least 4 members (excludes halogenated alkanes) is 1. The van der Waals surface area contributed by atoms with E-state index in [0.717, 1.165) is 30.5 Å². The van der Waals surface area contributed by atoms with Gasteiger partial charge in [-0.15, -0.1) is 0 Å². The fourth-order valence-electron chi connectivity index (χ4n) is 1.47. The summed E-state index contributed by atoms with van der Waals surface area (Å²) < 4.78 is 0. The lowest BCUT2D eigenvalue weighted by atomic mass is 10.1. The molecular weight excluding hydrogens is 212 g/mol.